The highest BCUT2D eigenvalue weighted by atomic mass is 32.2. The van der Waals surface area contributed by atoms with E-state index < -0.39 is 22.6 Å². The minimum Gasteiger partial charge on any atom is -0.478 e. The van der Waals surface area contributed by atoms with Gasteiger partial charge in [0.2, 0.25) is 0 Å². The summed E-state index contributed by atoms with van der Waals surface area (Å²) in [5, 5.41) is 8.87. The minimum absolute atomic E-state index is 0.00883. The molecular weight excluding hydrogens is 259 g/mol. The Labute approximate surface area is 105 Å². The van der Waals surface area contributed by atoms with E-state index in [0.29, 0.717) is 4.90 Å². The van der Waals surface area contributed by atoms with Crippen molar-refractivity contribution in [2.45, 2.75) is 10.6 Å². The van der Waals surface area contributed by atoms with Crippen LogP contribution in [0.15, 0.2) is 45.9 Å². The Balaban J connectivity index is 2.19. The number of halogens is 1. The molecule has 1 unspecified atom stereocenters. The molecule has 0 saturated carbocycles. The van der Waals surface area contributed by atoms with Gasteiger partial charge in [-0.2, -0.15) is 0 Å². The van der Waals surface area contributed by atoms with Crippen LogP contribution in [0, 0.1) is 5.82 Å². The molecule has 0 spiro atoms. The first-order valence-corrected chi connectivity index (χ1v) is 6.33. The van der Waals surface area contributed by atoms with Crippen molar-refractivity contribution < 1.29 is 22.9 Å². The Bertz CT molecular complexity index is 588. The van der Waals surface area contributed by atoms with Crippen LogP contribution in [0.25, 0.3) is 0 Å². The van der Waals surface area contributed by atoms with Gasteiger partial charge in [-0.05, 0) is 30.3 Å². The number of furan rings is 1. The van der Waals surface area contributed by atoms with E-state index in [1.165, 1.54) is 36.6 Å². The van der Waals surface area contributed by atoms with Crippen LogP contribution >= 0.6 is 0 Å². The maximum atomic E-state index is 12.7. The van der Waals surface area contributed by atoms with E-state index in [2.05, 4.69) is 0 Å². The Hall–Kier alpha value is -1.95. The second kappa shape index (κ2) is 5.14. The fourth-order valence-corrected chi connectivity index (χ4v) is 2.50. The van der Waals surface area contributed by atoms with Gasteiger partial charge in [-0.15, -0.1) is 0 Å². The highest BCUT2D eigenvalue weighted by Gasteiger charge is 2.16. The van der Waals surface area contributed by atoms with Crippen molar-refractivity contribution in [2.75, 3.05) is 0 Å². The summed E-state index contributed by atoms with van der Waals surface area (Å²) in [5.74, 6) is -1.46. The summed E-state index contributed by atoms with van der Waals surface area (Å²) in [6.45, 7) is 0. The van der Waals surface area contributed by atoms with Crippen LogP contribution in [-0.4, -0.2) is 15.3 Å². The maximum Gasteiger partial charge on any atom is 0.339 e. The molecule has 0 aliphatic carbocycles. The molecule has 0 bridgehead atoms. The fraction of sp³-hybridized carbons (Fsp3) is 0.0833. The van der Waals surface area contributed by atoms with Crippen molar-refractivity contribution >= 4 is 16.8 Å². The van der Waals surface area contributed by atoms with Crippen LogP contribution in [0.1, 0.15) is 16.1 Å². The molecule has 0 aliphatic rings. The first-order chi connectivity index (χ1) is 8.58. The third kappa shape index (κ3) is 2.65. The molecule has 1 heterocycles. The van der Waals surface area contributed by atoms with Gasteiger partial charge in [-0.25, -0.2) is 9.18 Å². The lowest BCUT2D eigenvalue weighted by atomic mass is 10.3. The standard InChI is InChI=1S/C12H9FO4S/c13-8-1-3-9(4-2-8)18(16)7-11-10(12(14)15)5-6-17-11/h1-6H,7H2,(H,14,15). The zero-order valence-electron chi connectivity index (χ0n) is 9.13. The van der Waals surface area contributed by atoms with E-state index in [1.54, 1.807) is 0 Å². The molecular formula is C12H9FO4S. The minimum atomic E-state index is -1.47. The lowest BCUT2D eigenvalue weighted by Gasteiger charge is -2.01. The summed E-state index contributed by atoms with van der Waals surface area (Å²) in [5.41, 5.74) is -0.00883. The predicted molar refractivity (Wildman–Crippen MR) is 62.2 cm³/mol. The number of carboxylic acid groups (broad SMARTS) is 1. The molecule has 2 rings (SSSR count). The van der Waals surface area contributed by atoms with Gasteiger partial charge in [0.15, 0.2) is 0 Å². The van der Waals surface area contributed by atoms with Crippen molar-refractivity contribution in [3.63, 3.8) is 0 Å². The maximum absolute atomic E-state index is 12.7. The molecule has 0 aliphatic heterocycles. The summed E-state index contributed by atoms with van der Waals surface area (Å²) < 4.78 is 29.6. The summed E-state index contributed by atoms with van der Waals surface area (Å²) in [7, 11) is -1.47. The number of hydrogen-bond donors (Lipinski definition) is 1. The Morgan fingerprint density at radius 1 is 1.28 bits per heavy atom. The highest BCUT2D eigenvalue weighted by molar-refractivity contribution is 7.84. The predicted octanol–water partition coefficient (Wildman–Crippen LogP) is 2.42. The van der Waals surface area contributed by atoms with E-state index in [0.717, 1.165) is 0 Å². The van der Waals surface area contributed by atoms with E-state index >= 15 is 0 Å². The number of aromatic carboxylic acids is 1. The molecule has 2 aromatic rings. The molecule has 0 fully saturated rings. The van der Waals surface area contributed by atoms with E-state index in [4.69, 9.17) is 9.52 Å². The van der Waals surface area contributed by atoms with Gasteiger partial charge in [0.25, 0.3) is 0 Å². The SMILES string of the molecule is O=C(O)c1ccoc1CS(=O)c1ccc(F)cc1. The lowest BCUT2D eigenvalue weighted by Crippen LogP contribution is -2.02. The highest BCUT2D eigenvalue weighted by Crippen LogP contribution is 2.17. The molecule has 1 aromatic heterocycles. The third-order valence-corrected chi connectivity index (χ3v) is 3.64. The van der Waals surface area contributed by atoms with Gasteiger partial charge >= 0.3 is 5.97 Å². The first kappa shape index (κ1) is 12.5. The van der Waals surface area contributed by atoms with Crippen LogP contribution in [-0.2, 0) is 16.6 Å². The lowest BCUT2D eigenvalue weighted by molar-refractivity contribution is 0.0695. The zero-order valence-corrected chi connectivity index (χ0v) is 9.95. The number of benzene rings is 1. The molecule has 1 atom stereocenters. The van der Waals surface area contributed by atoms with Gasteiger partial charge in [0.1, 0.15) is 17.1 Å². The van der Waals surface area contributed by atoms with Crippen molar-refractivity contribution in [3.05, 3.63) is 53.7 Å². The normalized spacial score (nSPS) is 12.3. The average molecular weight is 268 g/mol. The van der Waals surface area contributed by atoms with Crippen molar-refractivity contribution in [2.24, 2.45) is 0 Å². The Morgan fingerprint density at radius 3 is 2.56 bits per heavy atom. The van der Waals surface area contributed by atoms with Crippen molar-refractivity contribution in [3.8, 4) is 0 Å². The van der Waals surface area contributed by atoms with E-state index in [-0.39, 0.29) is 17.1 Å². The number of carboxylic acids is 1. The molecule has 0 saturated heterocycles. The molecule has 1 N–H and O–H groups in total. The summed E-state index contributed by atoms with van der Waals surface area (Å²) in [6, 6.07) is 6.50. The molecule has 4 nitrogen and oxygen atoms in total. The molecule has 0 amide bonds. The van der Waals surface area contributed by atoms with Gasteiger partial charge in [0, 0.05) is 4.90 Å². The van der Waals surface area contributed by atoms with E-state index in [9.17, 15) is 13.4 Å². The molecule has 1 aromatic carbocycles. The average Bonchev–Trinajstić information content (AvgIpc) is 2.78. The quantitative estimate of drug-likeness (QED) is 0.924. The van der Waals surface area contributed by atoms with Gasteiger partial charge in [-0.1, -0.05) is 0 Å². The van der Waals surface area contributed by atoms with Gasteiger partial charge < -0.3 is 9.52 Å². The van der Waals surface area contributed by atoms with Crippen LogP contribution in [0.2, 0.25) is 0 Å². The van der Waals surface area contributed by atoms with E-state index in [1.807, 2.05) is 0 Å². The molecule has 6 heteroatoms. The smallest absolute Gasteiger partial charge is 0.339 e. The van der Waals surface area contributed by atoms with Crippen molar-refractivity contribution in [1.82, 2.24) is 0 Å². The topological polar surface area (TPSA) is 67.5 Å². The third-order valence-electron chi connectivity index (χ3n) is 2.31. The summed E-state index contributed by atoms with van der Waals surface area (Å²) in [6.07, 6.45) is 1.24. The number of carbonyl (C=O) groups is 1. The van der Waals surface area contributed by atoms with Gasteiger partial charge in [-0.3, -0.25) is 4.21 Å². The fourth-order valence-electron chi connectivity index (χ4n) is 1.43. The molecule has 18 heavy (non-hydrogen) atoms. The summed E-state index contributed by atoms with van der Waals surface area (Å²) >= 11 is 0. The second-order valence-corrected chi connectivity index (χ2v) is 4.96. The van der Waals surface area contributed by atoms with Crippen LogP contribution in [0.4, 0.5) is 4.39 Å². The van der Waals surface area contributed by atoms with Crippen LogP contribution in [0.3, 0.4) is 0 Å². The molecule has 94 valence electrons. The Morgan fingerprint density at radius 2 is 1.94 bits per heavy atom. The zero-order chi connectivity index (χ0) is 13.1. The first-order valence-electron chi connectivity index (χ1n) is 5.01. The Kier molecular flexibility index (Phi) is 3.57. The second-order valence-electron chi connectivity index (χ2n) is 3.51. The molecule has 0 radical (unpaired) electrons. The van der Waals surface area contributed by atoms with Crippen LogP contribution in [0.5, 0.6) is 0 Å². The number of rotatable bonds is 4. The largest absolute Gasteiger partial charge is 0.478 e. The van der Waals surface area contributed by atoms with Crippen molar-refractivity contribution in [1.29, 1.82) is 0 Å². The van der Waals surface area contributed by atoms with Crippen LogP contribution < -0.4 is 0 Å². The summed E-state index contributed by atoms with van der Waals surface area (Å²) in [4.78, 5) is 11.3. The monoisotopic (exact) mass is 268 g/mol. The van der Waals surface area contributed by atoms with Gasteiger partial charge in [0.05, 0.1) is 22.8 Å². The number of hydrogen-bond acceptors (Lipinski definition) is 3.